The van der Waals surface area contributed by atoms with Gasteiger partial charge in [0.2, 0.25) is 0 Å². The molecule has 0 fully saturated rings. The first-order valence-corrected chi connectivity index (χ1v) is 5.01. The van der Waals surface area contributed by atoms with E-state index in [4.69, 9.17) is 0 Å². The maximum absolute atomic E-state index is 9.41. The molecule has 0 saturated carbocycles. The molecule has 2 nitrogen and oxygen atoms in total. The van der Waals surface area contributed by atoms with Crippen LogP contribution in [-0.4, -0.2) is 15.7 Å². The van der Waals surface area contributed by atoms with Gasteiger partial charge in [-0.1, -0.05) is 26.0 Å². The van der Waals surface area contributed by atoms with E-state index in [2.05, 4.69) is 36.7 Å². The third-order valence-corrected chi connectivity index (χ3v) is 1.84. The summed E-state index contributed by atoms with van der Waals surface area (Å²) in [5.74, 6) is 5.94. The number of hydrogen-bond donors (Lipinski definition) is 1. The zero-order chi connectivity index (χ0) is 11.5. The molecule has 1 rings (SSSR count). The van der Waals surface area contributed by atoms with Gasteiger partial charge in [0.15, 0.2) is 0 Å². The van der Waals surface area contributed by atoms with Crippen molar-refractivity contribution < 1.29 is 37.8 Å². The second kappa shape index (κ2) is 6.49. The van der Waals surface area contributed by atoms with Crippen LogP contribution >= 0.6 is 0 Å². The maximum atomic E-state index is 9.41. The third-order valence-electron chi connectivity index (χ3n) is 1.84. The van der Waals surface area contributed by atoms with E-state index in [0.29, 0.717) is 11.6 Å². The van der Waals surface area contributed by atoms with E-state index in [1.165, 1.54) is 0 Å². The Balaban J connectivity index is 0.00000225. The van der Waals surface area contributed by atoms with E-state index < -0.39 is 5.60 Å². The largest absolute Gasteiger partial charge is 0.378 e. The van der Waals surface area contributed by atoms with Crippen LogP contribution < -0.4 is 0 Å². The molecule has 0 atom stereocenters. The summed E-state index contributed by atoms with van der Waals surface area (Å²) in [4.78, 5) is 4.19. The second-order valence-corrected chi connectivity index (χ2v) is 4.35. The molecule has 0 amide bonds. The summed E-state index contributed by atoms with van der Waals surface area (Å²) in [6, 6.07) is 4.88. The first-order chi connectivity index (χ1) is 6.88. The monoisotopic (exact) mass is 291 g/mol. The van der Waals surface area contributed by atoms with Crippen LogP contribution in [0.5, 0.6) is 0 Å². The fraction of sp³-hybridized carbons (Fsp3) is 0.462. The molecule has 0 unspecified atom stereocenters. The summed E-state index contributed by atoms with van der Waals surface area (Å²) in [5.41, 5.74) is 0.739. The van der Waals surface area contributed by atoms with Gasteiger partial charge in [-0.05, 0) is 25.5 Å². The fourth-order valence-electron chi connectivity index (χ4n) is 0.966. The van der Waals surface area contributed by atoms with Gasteiger partial charge in [0, 0.05) is 32.7 Å². The Kier molecular flexibility index (Phi) is 6.40. The number of rotatable bonds is 1. The van der Waals surface area contributed by atoms with Crippen molar-refractivity contribution in [3.8, 4) is 11.8 Å². The summed E-state index contributed by atoms with van der Waals surface area (Å²) in [6.45, 7) is 7.48. The van der Waals surface area contributed by atoms with Gasteiger partial charge in [0.1, 0.15) is 5.60 Å². The molecule has 1 aromatic rings. The zero-order valence-electron chi connectivity index (χ0n) is 10.2. The summed E-state index contributed by atoms with van der Waals surface area (Å²) in [7, 11) is 0. The molecule has 1 N–H and O–H groups in total. The van der Waals surface area contributed by atoms with Gasteiger partial charge in [-0.3, -0.25) is 0 Å². The van der Waals surface area contributed by atoms with Crippen LogP contribution in [0.25, 0.3) is 0 Å². The Hall–Kier alpha value is -0.226. The van der Waals surface area contributed by atoms with E-state index >= 15 is 0 Å². The Morgan fingerprint density at radius 1 is 1.44 bits per heavy atom. The average Bonchev–Trinajstić information content (AvgIpc) is 2.14. The van der Waals surface area contributed by atoms with Gasteiger partial charge in [0.25, 0.3) is 0 Å². The molecule has 0 aliphatic rings. The van der Waals surface area contributed by atoms with Crippen LogP contribution in [0.15, 0.2) is 12.3 Å². The van der Waals surface area contributed by atoms with Crippen molar-refractivity contribution in [1.29, 1.82) is 0 Å². The number of aliphatic hydroxyl groups is 1. The normalized spacial score (nSPS) is 10.4. The molecule has 1 radical (unpaired) electrons. The Morgan fingerprint density at radius 3 is 2.44 bits per heavy atom. The molecular weight excluding hydrogens is 275 g/mol. The van der Waals surface area contributed by atoms with Crippen molar-refractivity contribution in [3.05, 3.63) is 29.6 Å². The summed E-state index contributed by atoms with van der Waals surface area (Å²) >= 11 is 0. The average molecular weight is 291 g/mol. The Morgan fingerprint density at radius 2 is 2.06 bits per heavy atom. The molecule has 1 heterocycles. The first kappa shape index (κ1) is 15.8. The quantitative estimate of drug-likeness (QED) is 0.635. The Bertz CT molecular complexity index is 379. The van der Waals surface area contributed by atoms with Crippen LogP contribution in [0.3, 0.4) is 0 Å². The third kappa shape index (κ3) is 5.75. The van der Waals surface area contributed by atoms with E-state index in [0.717, 1.165) is 5.56 Å². The molecule has 0 aliphatic heterocycles. The minimum atomic E-state index is -0.974. The molecular formula is C13H16NOY-. The molecule has 3 heteroatoms. The van der Waals surface area contributed by atoms with E-state index in [-0.39, 0.29) is 32.7 Å². The van der Waals surface area contributed by atoms with Gasteiger partial charge >= 0.3 is 0 Å². The van der Waals surface area contributed by atoms with Crippen molar-refractivity contribution in [3.63, 3.8) is 0 Å². The minimum Gasteiger partial charge on any atom is -0.378 e. The predicted octanol–water partition coefficient (Wildman–Crippen LogP) is 2.13. The van der Waals surface area contributed by atoms with Gasteiger partial charge in [-0.15, -0.1) is 17.6 Å². The molecule has 16 heavy (non-hydrogen) atoms. The van der Waals surface area contributed by atoms with Gasteiger partial charge in [-0.25, -0.2) is 0 Å². The molecule has 0 spiro atoms. The van der Waals surface area contributed by atoms with Gasteiger partial charge in [0.05, 0.1) is 0 Å². The van der Waals surface area contributed by atoms with Crippen LogP contribution in [0.2, 0.25) is 0 Å². The predicted molar refractivity (Wildman–Crippen MR) is 60.3 cm³/mol. The first-order valence-electron chi connectivity index (χ1n) is 5.01. The van der Waals surface area contributed by atoms with Crippen molar-refractivity contribution in [1.82, 2.24) is 4.98 Å². The van der Waals surface area contributed by atoms with Crippen molar-refractivity contribution >= 4 is 0 Å². The van der Waals surface area contributed by atoms with E-state index in [1.54, 1.807) is 26.1 Å². The molecule has 0 bridgehead atoms. The molecule has 0 aliphatic carbocycles. The minimum absolute atomic E-state index is 0. The zero-order valence-corrected chi connectivity index (χ0v) is 13.0. The van der Waals surface area contributed by atoms with E-state index in [1.807, 2.05) is 0 Å². The smallest absolute Gasteiger partial charge is 0.119 e. The van der Waals surface area contributed by atoms with Crippen LogP contribution in [0.4, 0.5) is 0 Å². The molecule has 1 aromatic heterocycles. The topological polar surface area (TPSA) is 33.1 Å². The summed E-state index contributed by atoms with van der Waals surface area (Å²) in [5, 5.41) is 9.41. The molecule has 0 saturated heterocycles. The maximum Gasteiger partial charge on any atom is 0.119 e. The molecule has 83 valence electrons. The SMILES string of the molecule is CC(C)c1[c-]cc(C#CC(C)(C)O)nc1.[Y]. The van der Waals surface area contributed by atoms with Crippen molar-refractivity contribution in [2.45, 2.75) is 39.2 Å². The number of nitrogens with zero attached hydrogens (tertiary/aromatic N) is 1. The van der Waals surface area contributed by atoms with Crippen molar-refractivity contribution in [2.75, 3.05) is 0 Å². The summed E-state index contributed by atoms with van der Waals surface area (Å²) < 4.78 is 0. The van der Waals surface area contributed by atoms with E-state index in [9.17, 15) is 5.11 Å². The van der Waals surface area contributed by atoms with Gasteiger partial charge < -0.3 is 10.1 Å². The molecule has 0 aromatic carbocycles. The number of hydrogen-bond acceptors (Lipinski definition) is 2. The summed E-state index contributed by atoms with van der Waals surface area (Å²) in [6.07, 6.45) is 1.78. The number of aromatic nitrogens is 1. The second-order valence-electron chi connectivity index (χ2n) is 4.35. The standard InChI is InChI=1S/C13H16NO.Y/c1-10(2)11-5-6-12(14-9-11)7-8-13(3,4)15;/h6,9-10,15H,1-4H3;/q-1;. The van der Waals surface area contributed by atoms with Crippen LogP contribution in [0.1, 0.15) is 44.9 Å². The van der Waals surface area contributed by atoms with Crippen LogP contribution in [-0.2, 0) is 32.7 Å². The van der Waals surface area contributed by atoms with Gasteiger partial charge in [-0.2, -0.15) is 6.07 Å². The Labute approximate surface area is 123 Å². The number of pyridine rings is 1. The fourth-order valence-corrected chi connectivity index (χ4v) is 0.966. The van der Waals surface area contributed by atoms with Crippen molar-refractivity contribution in [2.24, 2.45) is 0 Å². The van der Waals surface area contributed by atoms with Crippen LogP contribution in [0, 0.1) is 17.9 Å².